The van der Waals surface area contributed by atoms with E-state index in [0.29, 0.717) is 0 Å². The second-order valence-corrected chi connectivity index (χ2v) is 2.94. The van der Waals surface area contributed by atoms with Crippen LogP contribution in [-0.4, -0.2) is 57.8 Å². The zero-order valence-corrected chi connectivity index (χ0v) is 8.38. The van der Waals surface area contributed by atoms with Gasteiger partial charge in [0.25, 0.3) is 0 Å². The Morgan fingerprint density at radius 1 is 1.54 bits per heavy atom. The topological polar surface area (TPSA) is 67.6 Å². The predicted octanol–water partition coefficient (Wildman–Crippen LogP) is -1.36. The highest BCUT2D eigenvalue weighted by molar-refractivity contribution is 5.75. The van der Waals surface area contributed by atoms with Crippen LogP contribution in [0.3, 0.4) is 0 Å². The number of ether oxygens (including phenoxy) is 1. The van der Waals surface area contributed by atoms with Crippen LogP contribution in [0.25, 0.3) is 0 Å². The van der Waals surface area contributed by atoms with Crippen molar-refractivity contribution >= 4 is 5.91 Å². The van der Waals surface area contributed by atoms with E-state index in [9.17, 15) is 4.79 Å². The van der Waals surface area contributed by atoms with Gasteiger partial charge in [0.15, 0.2) is 0 Å². The lowest BCUT2D eigenvalue weighted by molar-refractivity contribution is -0.117. The molecule has 78 valence electrons. The summed E-state index contributed by atoms with van der Waals surface area (Å²) in [5.74, 6) is -0.320. The summed E-state index contributed by atoms with van der Waals surface area (Å²) in [6.45, 7) is 3.53. The molecule has 0 aromatic heterocycles. The number of methoxy groups -OCH3 is 1. The van der Waals surface area contributed by atoms with Crippen LogP contribution in [0, 0.1) is 0 Å². The van der Waals surface area contributed by atoms with Gasteiger partial charge in [0.05, 0.1) is 13.2 Å². The Bertz CT molecular complexity index is 141. The van der Waals surface area contributed by atoms with Crippen molar-refractivity contribution in [3.05, 3.63) is 0 Å². The molecule has 5 heteroatoms. The molecule has 3 N–H and O–H groups in total. The number of rotatable bonds is 8. The van der Waals surface area contributed by atoms with Crippen molar-refractivity contribution in [2.75, 3.05) is 46.9 Å². The Morgan fingerprint density at radius 2 is 2.23 bits per heavy atom. The number of nitrogens with two attached hydrogens (primary N) is 1. The van der Waals surface area contributed by atoms with Gasteiger partial charge in [-0.15, -0.1) is 0 Å². The molecular formula is C8H19N3O2. The molecule has 0 aromatic carbocycles. The van der Waals surface area contributed by atoms with E-state index in [1.807, 2.05) is 7.05 Å². The van der Waals surface area contributed by atoms with E-state index in [2.05, 4.69) is 10.2 Å². The minimum absolute atomic E-state index is 0.248. The standard InChI is InChI=1S/C8H19N3O2/c1-11(5-6-13-2)4-3-10-7-8(9)12/h10H,3-7H2,1-2H3,(H2,9,12). The molecular weight excluding hydrogens is 170 g/mol. The van der Waals surface area contributed by atoms with Crippen molar-refractivity contribution in [3.63, 3.8) is 0 Å². The second kappa shape index (κ2) is 7.97. The van der Waals surface area contributed by atoms with Crippen LogP contribution in [0.5, 0.6) is 0 Å². The quantitative estimate of drug-likeness (QED) is 0.463. The van der Waals surface area contributed by atoms with Gasteiger partial charge in [0, 0.05) is 26.7 Å². The van der Waals surface area contributed by atoms with Crippen LogP contribution in [0.1, 0.15) is 0 Å². The molecule has 0 atom stereocenters. The van der Waals surface area contributed by atoms with E-state index in [4.69, 9.17) is 10.5 Å². The number of amides is 1. The molecule has 0 heterocycles. The first-order valence-electron chi connectivity index (χ1n) is 4.33. The van der Waals surface area contributed by atoms with E-state index >= 15 is 0 Å². The molecule has 1 amide bonds. The van der Waals surface area contributed by atoms with Crippen molar-refractivity contribution in [2.45, 2.75) is 0 Å². The summed E-state index contributed by atoms with van der Waals surface area (Å²) in [7, 11) is 3.68. The number of nitrogens with zero attached hydrogens (tertiary/aromatic N) is 1. The van der Waals surface area contributed by atoms with Gasteiger partial charge in [-0.2, -0.15) is 0 Å². The lowest BCUT2D eigenvalue weighted by Gasteiger charge is -2.15. The van der Waals surface area contributed by atoms with Gasteiger partial charge in [-0.1, -0.05) is 0 Å². The van der Waals surface area contributed by atoms with Gasteiger partial charge >= 0.3 is 0 Å². The van der Waals surface area contributed by atoms with E-state index in [1.54, 1.807) is 7.11 Å². The molecule has 0 rings (SSSR count). The van der Waals surface area contributed by atoms with E-state index < -0.39 is 0 Å². The molecule has 0 spiro atoms. The Kier molecular flexibility index (Phi) is 7.57. The molecule has 0 radical (unpaired) electrons. The third kappa shape index (κ3) is 9.26. The number of carbonyl (C=O) groups is 1. The summed E-state index contributed by atoms with van der Waals surface area (Å²) in [5, 5.41) is 2.94. The fourth-order valence-electron chi connectivity index (χ4n) is 0.840. The zero-order valence-electron chi connectivity index (χ0n) is 8.38. The first-order valence-corrected chi connectivity index (χ1v) is 4.33. The smallest absolute Gasteiger partial charge is 0.231 e. The summed E-state index contributed by atoms with van der Waals surface area (Å²) < 4.78 is 4.92. The van der Waals surface area contributed by atoms with Crippen LogP contribution >= 0.6 is 0 Å². The molecule has 0 bridgehead atoms. The number of primary amides is 1. The molecule has 0 fully saturated rings. The minimum atomic E-state index is -0.320. The lowest BCUT2D eigenvalue weighted by atomic mass is 10.5. The van der Waals surface area contributed by atoms with Gasteiger partial charge in [-0.05, 0) is 7.05 Å². The number of likely N-dealkylation sites (N-methyl/N-ethyl adjacent to an activating group) is 1. The third-order valence-corrected chi connectivity index (χ3v) is 1.65. The van der Waals surface area contributed by atoms with Crippen molar-refractivity contribution in [2.24, 2.45) is 5.73 Å². The summed E-state index contributed by atoms with van der Waals surface area (Å²) in [6.07, 6.45) is 0. The average Bonchev–Trinajstić information content (AvgIpc) is 2.08. The molecule has 0 aliphatic heterocycles. The number of hydrogen-bond donors (Lipinski definition) is 2. The van der Waals surface area contributed by atoms with Crippen LogP contribution < -0.4 is 11.1 Å². The predicted molar refractivity (Wildman–Crippen MR) is 51.4 cm³/mol. The first kappa shape index (κ1) is 12.3. The van der Waals surface area contributed by atoms with Crippen molar-refractivity contribution in [1.82, 2.24) is 10.2 Å². The number of nitrogens with one attached hydrogen (secondary N) is 1. The van der Waals surface area contributed by atoms with Crippen LogP contribution in [0.2, 0.25) is 0 Å². The molecule has 0 saturated carbocycles. The average molecular weight is 189 g/mol. The van der Waals surface area contributed by atoms with Gasteiger partial charge < -0.3 is 20.7 Å². The summed E-state index contributed by atoms with van der Waals surface area (Å²) in [4.78, 5) is 12.5. The Hall–Kier alpha value is -0.650. The maximum Gasteiger partial charge on any atom is 0.231 e. The summed E-state index contributed by atoms with van der Waals surface area (Å²) in [6, 6.07) is 0. The van der Waals surface area contributed by atoms with Crippen LogP contribution in [0.4, 0.5) is 0 Å². The normalized spacial score (nSPS) is 10.7. The summed E-state index contributed by atoms with van der Waals surface area (Å²) >= 11 is 0. The fourth-order valence-corrected chi connectivity index (χ4v) is 0.840. The highest BCUT2D eigenvalue weighted by Crippen LogP contribution is 1.80. The zero-order chi connectivity index (χ0) is 10.1. The van der Waals surface area contributed by atoms with Gasteiger partial charge in [0.1, 0.15) is 0 Å². The maximum absolute atomic E-state index is 10.3. The van der Waals surface area contributed by atoms with Crippen molar-refractivity contribution < 1.29 is 9.53 Å². The number of hydrogen-bond acceptors (Lipinski definition) is 4. The monoisotopic (exact) mass is 189 g/mol. The molecule has 0 aliphatic carbocycles. The summed E-state index contributed by atoms with van der Waals surface area (Å²) in [5.41, 5.74) is 4.95. The molecule has 0 saturated heterocycles. The fraction of sp³-hybridized carbons (Fsp3) is 0.875. The minimum Gasteiger partial charge on any atom is -0.383 e. The molecule has 0 aliphatic rings. The van der Waals surface area contributed by atoms with Gasteiger partial charge in [-0.25, -0.2) is 0 Å². The third-order valence-electron chi connectivity index (χ3n) is 1.65. The molecule has 5 nitrogen and oxygen atoms in total. The largest absolute Gasteiger partial charge is 0.383 e. The van der Waals surface area contributed by atoms with Crippen LogP contribution in [0.15, 0.2) is 0 Å². The second-order valence-electron chi connectivity index (χ2n) is 2.94. The molecule has 0 unspecified atom stereocenters. The van der Waals surface area contributed by atoms with Crippen molar-refractivity contribution in [1.29, 1.82) is 0 Å². The van der Waals surface area contributed by atoms with E-state index in [0.717, 1.165) is 26.2 Å². The first-order chi connectivity index (χ1) is 6.16. The Morgan fingerprint density at radius 3 is 2.77 bits per heavy atom. The lowest BCUT2D eigenvalue weighted by Crippen LogP contribution is -2.35. The Labute approximate surface area is 79.2 Å². The van der Waals surface area contributed by atoms with Crippen LogP contribution in [-0.2, 0) is 9.53 Å². The number of carbonyl (C=O) groups excluding carboxylic acids is 1. The Balaban J connectivity index is 3.16. The SMILES string of the molecule is COCCN(C)CCNCC(N)=O. The van der Waals surface area contributed by atoms with Gasteiger partial charge in [0.2, 0.25) is 5.91 Å². The highest BCUT2D eigenvalue weighted by atomic mass is 16.5. The van der Waals surface area contributed by atoms with E-state index in [1.165, 1.54) is 0 Å². The maximum atomic E-state index is 10.3. The van der Waals surface area contributed by atoms with E-state index in [-0.39, 0.29) is 12.5 Å². The van der Waals surface area contributed by atoms with Gasteiger partial charge in [-0.3, -0.25) is 4.79 Å². The highest BCUT2D eigenvalue weighted by Gasteiger charge is 1.97. The molecule has 0 aromatic rings. The van der Waals surface area contributed by atoms with Crippen molar-refractivity contribution in [3.8, 4) is 0 Å². The molecule has 13 heavy (non-hydrogen) atoms.